The van der Waals surface area contributed by atoms with E-state index in [0.29, 0.717) is 11.5 Å². The summed E-state index contributed by atoms with van der Waals surface area (Å²) in [6.07, 6.45) is 2.16. The van der Waals surface area contributed by atoms with Gasteiger partial charge in [-0.15, -0.1) is 0 Å². The van der Waals surface area contributed by atoms with E-state index in [-0.39, 0.29) is 12.3 Å². The van der Waals surface area contributed by atoms with Crippen LogP contribution in [0.1, 0.15) is 30.1 Å². The molecular weight excluding hydrogens is 366 g/mol. The number of hydrogen-bond donors (Lipinski definition) is 1. The second-order valence-electron chi connectivity index (χ2n) is 5.87. The Morgan fingerprint density at radius 3 is 2.58 bits per heavy atom. The van der Waals surface area contributed by atoms with Gasteiger partial charge in [-0.3, -0.25) is 10.5 Å². The van der Waals surface area contributed by atoms with Crippen LogP contribution in [0.25, 0.3) is 11.0 Å². The quantitative estimate of drug-likeness (QED) is 0.514. The van der Waals surface area contributed by atoms with Gasteiger partial charge < -0.3 is 0 Å². The van der Waals surface area contributed by atoms with Crippen LogP contribution in [0.2, 0.25) is 0 Å². The van der Waals surface area contributed by atoms with Gasteiger partial charge in [-0.25, -0.2) is 9.13 Å². The number of nitrogens with zero attached hydrogens (tertiary/aromatic N) is 2. The van der Waals surface area contributed by atoms with Crippen LogP contribution in [0.3, 0.4) is 0 Å². The topological polar surface area (TPSA) is 51.9 Å². The van der Waals surface area contributed by atoms with Gasteiger partial charge in [0, 0.05) is 10.0 Å². The van der Waals surface area contributed by atoms with Crippen molar-refractivity contribution in [2.75, 3.05) is 5.73 Å². The highest BCUT2D eigenvalue weighted by Crippen LogP contribution is 2.18. The fourth-order valence-electron chi connectivity index (χ4n) is 2.90. The van der Waals surface area contributed by atoms with E-state index in [1.807, 2.05) is 47.0 Å². The Hall–Kier alpha value is -2.14. The van der Waals surface area contributed by atoms with Crippen molar-refractivity contribution in [1.82, 2.24) is 4.57 Å². The lowest BCUT2D eigenvalue weighted by atomic mass is 10.1. The Kier molecular flexibility index (Phi) is 5.00. The normalized spacial score (nSPS) is 11.1. The molecule has 0 amide bonds. The molecule has 4 nitrogen and oxygen atoms in total. The Morgan fingerprint density at radius 1 is 1.17 bits per heavy atom. The van der Waals surface area contributed by atoms with Gasteiger partial charge in [0.15, 0.2) is 5.78 Å². The molecule has 2 N–H and O–H groups in total. The zero-order chi connectivity index (χ0) is 17.1. The molecule has 0 aliphatic heterocycles. The average molecular weight is 387 g/mol. The van der Waals surface area contributed by atoms with Gasteiger partial charge in [0.1, 0.15) is 17.6 Å². The lowest BCUT2D eigenvalue weighted by molar-refractivity contribution is -0.642. The predicted octanol–water partition coefficient (Wildman–Crippen LogP) is 3.96. The van der Waals surface area contributed by atoms with Gasteiger partial charge in [-0.2, -0.15) is 0 Å². The summed E-state index contributed by atoms with van der Waals surface area (Å²) in [4.78, 5) is 12.6. The van der Waals surface area contributed by atoms with E-state index in [9.17, 15) is 4.79 Å². The average Bonchev–Trinajstić information content (AvgIpc) is 2.85. The first kappa shape index (κ1) is 16.7. The number of para-hydroxylation sites is 2. The molecule has 0 fully saturated rings. The highest BCUT2D eigenvalue weighted by molar-refractivity contribution is 9.10. The van der Waals surface area contributed by atoms with Gasteiger partial charge in [0.05, 0.1) is 6.54 Å². The van der Waals surface area contributed by atoms with Gasteiger partial charge in [-0.05, 0) is 30.7 Å². The summed E-state index contributed by atoms with van der Waals surface area (Å²) in [5, 5.41) is 0. The van der Waals surface area contributed by atoms with Crippen molar-refractivity contribution < 1.29 is 9.36 Å². The predicted molar refractivity (Wildman–Crippen MR) is 99.9 cm³/mol. The van der Waals surface area contributed by atoms with E-state index >= 15 is 0 Å². The lowest BCUT2D eigenvalue weighted by Crippen LogP contribution is -2.40. The van der Waals surface area contributed by atoms with Crippen LogP contribution in [0.5, 0.6) is 0 Å². The summed E-state index contributed by atoms with van der Waals surface area (Å²) < 4.78 is 4.98. The number of ketones is 1. The van der Waals surface area contributed by atoms with Crippen LogP contribution in [-0.4, -0.2) is 10.4 Å². The standard InChI is InChI=1S/C19H20BrN3O/c1-2-3-12-22-16-6-4-5-7-17(16)23(19(22)21)13-18(24)14-8-10-15(20)11-9-14/h4-11,21H,2-3,12-13H2,1H3/p+1. The molecule has 124 valence electrons. The van der Waals surface area contributed by atoms with E-state index in [4.69, 9.17) is 5.73 Å². The summed E-state index contributed by atoms with van der Waals surface area (Å²) in [6.45, 7) is 3.27. The molecule has 0 bridgehead atoms. The largest absolute Gasteiger partial charge is 0.356 e. The third kappa shape index (κ3) is 3.22. The highest BCUT2D eigenvalue weighted by Gasteiger charge is 2.22. The number of aromatic nitrogens is 2. The molecule has 24 heavy (non-hydrogen) atoms. The maximum absolute atomic E-state index is 12.6. The molecule has 5 heteroatoms. The molecule has 1 heterocycles. The van der Waals surface area contributed by atoms with Gasteiger partial charge in [0.2, 0.25) is 0 Å². The number of imidazole rings is 1. The molecule has 3 rings (SSSR count). The molecule has 0 aliphatic carbocycles. The number of benzene rings is 2. The molecule has 0 radical (unpaired) electrons. The van der Waals surface area contributed by atoms with Crippen molar-refractivity contribution in [2.45, 2.75) is 32.9 Å². The summed E-state index contributed by atoms with van der Waals surface area (Å²) in [5.41, 5.74) is 9.14. The van der Waals surface area contributed by atoms with E-state index in [0.717, 1.165) is 34.9 Å². The molecule has 0 unspecified atom stereocenters. The summed E-state index contributed by atoms with van der Waals surface area (Å²) in [7, 11) is 0. The van der Waals surface area contributed by atoms with E-state index in [2.05, 4.69) is 33.5 Å². The van der Waals surface area contributed by atoms with Crippen LogP contribution in [-0.2, 0) is 13.1 Å². The zero-order valence-corrected chi connectivity index (χ0v) is 15.3. The third-order valence-electron chi connectivity index (χ3n) is 4.22. The van der Waals surface area contributed by atoms with Crippen molar-refractivity contribution in [3.63, 3.8) is 0 Å². The number of rotatable bonds is 6. The first-order chi connectivity index (χ1) is 11.6. The number of Topliss-reactive ketones (excluding diaryl/α,β-unsaturated/α-hetero) is 1. The first-order valence-electron chi connectivity index (χ1n) is 8.17. The van der Waals surface area contributed by atoms with E-state index in [1.54, 1.807) is 0 Å². The number of unbranched alkanes of at least 4 members (excludes halogenated alkanes) is 1. The second-order valence-corrected chi connectivity index (χ2v) is 6.78. The minimum atomic E-state index is 0.0533. The van der Waals surface area contributed by atoms with Crippen LogP contribution >= 0.6 is 15.9 Å². The number of fused-ring (bicyclic) bond motifs is 1. The summed E-state index contributed by atoms with van der Waals surface area (Å²) in [6, 6.07) is 15.5. The monoisotopic (exact) mass is 386 g/mol. The first-order valence-corrected chi connectivity index (χ1v) is 8.96. The lowest BCUT2D eigenvalue weighted by Gasteiger charge is -2.03. The van der Waals surface area contributed by atoms with E-state index < -0.39 is 0 Å². The van der Waals surface area contributed by atoms with Crippen molar-refractivity contribution in [1.29, 1.82) is 0 Å². The number of anilines is 1. The number of halogens is 1. The molecule has 3 aromatic rings. The van der Waals surface area contributed by atoms with Crippen molar-refractivity contribution in [3.05, 3.63) is 58.6 Å². The number of aryl methyl sites for hydroxylation is 1. The van der Waals surface area contributed by atoms with Gasteiger partial charge >= 0.3 is 5.95 Å². The fraction of sp³-hybridized carbons (Fsp3) is 0.263. The maximum atomic E-state index is 12.6. The molecule has 0 atom stereocenters. The number of nitrogen functional groups attached to an aromatic ring is 1. The van der Waals surface area contributed by atoms with Gasteiger partial charge in [-0.1, -0.05) is 53.5 Å². The maximum Gasteiger partial charge on any atom is 0.356 e. The Morgan fingerprint density at radius 2 is 1.88 bits per heavy atom. The summed E-state index contributed by atoms with van der Waals surface area (Å²) >= 11 is 3.39. The Balaban J connectivity index is 1.98. The summed E-state index contributed by atoms with van der Waals surface area (Å²) in [5.74, 6) is 0.688. The molecule has 0 spiro atoms. The van der Waals surface area contributed by atoms with Crippen molar-refractivity contribution >= 4 is 38.7 Å². The SMILES string of the molecule is CCCCn1c(N)[n+](CC(=O)c2ccc(Br)cc2)c2ccccc21. The number of carbonyl (C=O) groups excluding carboxylic acids is 1. The second kappa shape index (κ2) is 7.18. The van der Waals surface area contributed by atoms with Gasteiger partial charge in [0.25, 0.3) is 0 Å². The fourth-order valence-corrected chi connectivity index (χ4v) is 3.17. The van der Waals surface area contributed by atoms with Crippen molar-refractivity contribution in [3.8, 4) is 0 Å². The van der Waals surface area contributed by atoms with Crippen LogP contribution in [0.15, 0.2) is 53.0 Å². The number of hydrogen-bond acceptors (Lipinski definition) is 2. The molecule has 0 saturated carbocycles. The zero-order valence-electron chi connectivity index (χ0n) is 13.7. The third-order valence-corrected chi connectivity index (χ3v) is 4.75. The molecule has 0 saturated heterocycles. The molecule has 2 aromatic carbocycles. The number of nitrogens with two attached hydrogens (primary N) is 1. The Bertz CT molecular complexity index is 868. The Labute approximate surface area is 150 Å². The minimum absolute atomic E-state index is 0.0533. The van der Waals surface area contributed by atoms with Crippen molar-refractivity contribution in [2.24, 2.45) is 0 Å². The smallest absolute Gasteiger partial charge is 0.291 e. The van der Waals surface area contributed by atoms with Crippen LogP contribution in [0.4, 0.5) is 5.95 Å². The van der Waals surface area contributed by atoms with Crippen LogP contribution in [0, 0.1) is 0 Å². The molecule has 0 aliphatic rings. The highest BCUT2D eigenvalue weighted by atomic mass is 79.9. The minimum Gasteiger partial charge on any atom is -0.291 e. The van der Waals surface area contributed by atoms with Crippen LogP contribution < -0.4 is 10.3 Å². The molecule has 1 aromatic heterocycles. The van der Waals surface area contributed by atoms with E-state index in [1.165, 1.54) is 0 Å². The number of carbonyl (C=O) groups is 1. The molecular formula is C19H21BrN3O+.